The highest BCUT2D eigenvalue weighted by molar-refractivity contribution is 8.30. The number of nitrogens with zero attached hydrogens (tertiary/aromatic N) is 1. The van der Waals surface area contributed by atoms with Crippen LogP contribution in [0.15, 0.2) is 25.3 Å². The van der Waals surface area contributed by atoms with Gasteiger partial charge in [-0.1, -0.05) is 12.2 Å². The Morgan fingerprint density at radius 2 is 1.45 bits per heavy atom. The highest BCUT2D eigenvalue weighted by Gasteiger charge is 2.12. The first-order chi connectivity index (χ1) is 5.02. The van der Waals surface area contributed by atoms with Crippen molar-refractivity contribution in [3.63, 3.8) is 0 Å². The average molecular weight is 173 g/mol. The molecule has 0 saturated carbocycles. The summed E-state index contributed by atoms with van der Waals surface area (Å²) in [6.07, 6.45) is 10.7. The maximum Gasteiger partial charge on any atom is 0.0255 e. The summed E-state index contributed by atoms with van der Waals surface area (Å²) in [4.78, 5) is 0. The summed E-state index contributed by atoms with van der Waals surface area (Å²) in [5.74, 6) is 0. The van der Waals surface area contributed by atoms with Gasteiger partial charge >= 0.3 is 0 Å². The third-order valence-corrected chi connectivity index (χ3v) is 3.29. The van der Waals surface area contributed by atoms with Crippen LogP contribution in [-0.4, -0.2) is 36.2 Å². The van der Waals surface area contributed by atoms with Crippen molar-refractivity contribution >= 4 is 10.2 Å². The molecular weight excluding hydrogens is 154 g/mol. The van der Waals surface area contributed by atoms with Crippen LogP contribution in [0.2, 0.25) is 0 Å². The highest BCUT2D eigenvalue weighted by Crippen LogP contribution is 2.39. The molecule has 0 saturated heterocycles. The maximum absolute atomic E-state index is 3.73. The molecule has 0 atom stereocenters. The van der Waals surface area contributed by atoms with Crippen LogP contribution in [0, 0.1) is 0 Å². The minimum atomic E-state index is -0.598. The monoisotopic (exact) mass is 173 g/mol. The van der Waals surface area contributed by atoms with Gasteiger partial charge in [-0.15, -0.1) is 13.2 Å². The van der Waals surface area contributed by atoms with Crippen molar-refractivity contribution in [2.24, 2.45) is 0 Å². The molecule has 0 bridgehead atoms. The summed E-state index contributed by atoms with van der Waals surface area (Å²) in [6.45, 7) is 9.39. The number of hydrogen-bond acceptors (Lipinski definition) is 1. The third kappa shape index (κ3) is 4.27. The van der Waals surface area contributed by atoms with Gasteiger partial charge in [0, 0.05) is 13.1 Å². The van der Waals surface area contributed by atoms with Crippen LogP contribution in [0.25, 0.3) is 0 Å². The van der Waals surface area contributed by atoms with Gasteiger partial charge in [-0.3, -0.25) is 4.31 Å². The largest absolute Gasteiger partial charge is 0.261 e. The van der Waals surface area contributed by atoms with Crippen molar-refractivity contribution in [2.75, 3.05) is 31.9 Å². The van der Waals surface area contributed by atoms with Gasteiger partial charge < -0.3 is 0 Å². The van der Waals surface area contributed by atoms with Crippen molar-refractivity contribution in [1.82, 2.24) is 4.31 Å². The highest BCUT2D eigenvalue weighted by atomic mass is 32.3. The lowest BCUT2D eigenvalue weighted by Gasteiger charge is -2.38. The van der Waals surface area contributed by atoms with Gasteiger partial charge in [0.1, 0.15) is 0 Å². The molecular formula is C9H19NS. The molecule has 0 N–H and O–H groups in total. The normalized spacial score (nSPS) is 13.1. The van der Waals surface area contributed by atoms with Crippen molar-refractivity contribution in [3.8, 4) is 0 Å². The standard InChI is InChI=1S/C9H19NS/c1-6-8-10(9-7-2)11(3,4)5/h6-7H,1-2,8-9H2,3-5H3. The summed E-state index contributed by atoms with van der Waals surface area (Å²) in [5.41, 5.74) is 0. The second-order valence-electron chi connectivity index (χ2n) is 3.20. The zero-order valence-corrected chi connectivity index (χ0v) is 8.66. The first-order valence-corrected chi connectivity index (χ1v) is 6.49. The number of rotatable bonds is 5. The zero-order chi connectivity index (χ0) is 8.91. The Kier molecular flexibility index (Phi) is 4.54. The van der Waals surface area contributed by atoms with Crippen LogP contribution in [0.5, 0.6) is 0 Å². The lowest BCUT2D eigenvalue weighted by Crippen LogP contribution is -2.26. The molecule has 0 amide bonds. The van der Waals surface area contributed by atoms with E-state index in [0.29, 0.717) is 0 Å². The van der Waals surface area contributed by atoms with E-state index in [4.69, 9.17) is 0 Å². The molecule has 2 heteroatoms. The first-order valence-electron chi connectivity index (χ1n) is 3.67. The van der Waals surface area contributed by atoms with Gasteiger partial charge in [-0.2, -0.15) is 10.2 Å². The lowest BCUT2D eigenvalue weighted by molar-refractivity contribution is 0.568. The molecule has 1 nitrogen and oxygen atoms in total. The molecule has 0 aliphatic rings. The van der Waals surface area contributed by atoms with E-state index in [9.17, 15) is 0 Å². The van der Waals surface area contributed by atoms with E-state index in [-0.39, 0.29) is 0 Å². The SMILES string of the molecule is C=CCN(CC=C)S(C)(C)C. The molecule has 0 aromatic carbocycles. The van der Waals surface area contributed by atoms with Gasteiger partial charge in [0.25, 0.3) is 0 Å². The summed E-state index contributed by atoms with van der Waals surface area (Å²) < 4.78 is 2.40. The second-order valence-corrected chi connectivity index (χ2v) is 7.26. The average Bonchev–Trinajstić information content (AvgIpc) is 1.85. The third-order valence-electron chi connectivity index (χ3n) is 1.44. The van der Waals surface area contributed by atoms with Gasteiger partial charge in [0.15, 0.2) is 0 Å². The Labute approximate surface area is 72.2 Å². The van der Waals surface area contributed by atoms with E-state index >= 15 is 0 Å². The van der Waals surface area contributed by atoms with E-state index in [0.717, 1.165) is 13.1 Å². The van der Waals surface area contributed by atoms with E-state index in [1.807, 2.05) is 12.2 Å². The molecule has 0 heterocycles. The summed E-state index contributed by atoms with van der Waals surface area (Å²) in [6, 6.07) is 0. The molecule has 0 rings (SSSR count). The predicted octanol–water partition coefficient (Wildman–Crippen LogP) is 2.27. The van der Waals surface area contributed by atoms with Crippen LogP contribution >= 0.6 is 10.2 Å². The molecule has 66 valence electrons. The topological polar surface area (TPSA) is 3.24 Å². The van der Waals surface area contributed by atoms with E-state index < -0.39 is 10.2 Å². The smallest absolute Gasteiger partial charge is 0.0255 e. The fourth-order valence-corrected chi connectivity index (χ4v) is 1.91. The Morgan fingerprint density at radius 3 is 1.64 bits per heavy atom. The fourth-order valence-electron chi connectivity index (χ4n) is 0.810. The molecule has 0 fully saturated rings. The Hall–Kier alpha value is -0.210. The predicted molar refractivity (Wildman–Crippen MR) is 57.3 cm³/mol. The molecule has 0 spiro atoms. The summed E-state index contributed by atoms with van der Waals surface area (Å²) in [5, 5.41) is 0. The van der Waals surface area contributed by atoms with Gasteiger partial charge in [-0.05, 0) is 18.8 Å². The van der Waals surface area contributed by atoms with Crippen molar-refractivity contribution in [2.45, 2.75) is 0 Å². The summed E-state index contributed by atoms with van der Waals surface area (Å²) >= 11 is 0. The van der Waals surface area contributed by atoms with E-state index in [1.165, 1.54) is 0 Å². The second kappa shape index (κ2) is 4.62. The molecule has 0 aliphatic heterocycles. The van der Waals surface area contributed by atoms with E-state index in [2.05, 4.69) is 36.2 Å². The number of hydrogen-bond donors (Lipinski definition) is 0. The Bertz CT molecular complexity index is 125. The van der Waals surface area contributed by atoms with Crippen LogP contribution < -0.4 is 0 Å². The minimum Gasteiger partial charge on any atom is -0.261 e. The molecule has 0 unspecified atom stereocenters. The van der Waals surface area contributed by atoms with Crippen LogP contribution in [-0.2, 0) is 0 Å². The van der Waals surface area contributed by atoms with Crippen LogP contribution in [0.3, 0.4) is 0 Å². The zero-order valence-electron chi connectivity index (χ0n) is 7.84. The first kappa shape index (κ1) is 10.8. The molecule has 0 radical (unpaired) electrons. The van der Waals surface area contributed by atoms with Crippen LogP contribution in [0.4, 0.5) is 0 Å². The van der Waals surface area contributed by atoms with Crippen molar-refractivity contribution in [1.29, 1.82) is 0 Å². The molecule has 0 aliphatic carbocycles. The summed E-state index contributed by atoms with van der Waals surface area (Å²) in [7, 11) is -0.598. The molecule has 0 aromatic heterocycles. The minimum absolute atomic E-state index is 0.598. The van der Waals surface area contributed by atoms with E-state index in [1.54, 1.807) is 0 Å². The lowest BCUT2D eigenvalue weighted by atomic mass is 10.5. The molecule has 0 aromatic rings. The van der Waals surface area contributed by atoms with Gasteiger partial charge in [0.2, 0.25) is 0 Å². The Balaban J connectivity index is 4.08. The fraction of sp³-hybridized carbons (Fsp3) is 0.556. The van der Waals surface area contributed by atoms with Crippen LogP contribution in [0.1, 0.15) is 0 Å². The van der Waals surface area contributed by atoms with Crippen molar-refractivity contribution in [3.05, 3.63) is 25.3 Å². The quantitative estimate of drug-likeness (QED) is 0.576. The molecule has 11 heavy (non-hydrogen) atoms. The Morgan fingerprint density at radius 1 is 1.09 bits per heavy atom. The van der Waals surface area contributed by atoms with Gasteiger partial charge in [-0.25, -0.2) is 0 Å². The maximum atomic E-state index is 3.73. The van der Waals surface area contributed by atoms with Gasteiger partial charge in [0.05, 0.1) is 0 Å². The van der Waals surface area contributed by atoms with Crippen molar-refractivity contribution < 1.29 is 0 Å².